The number of nitrogens with zero attached hydrogens (tertiary/aromatic N) is 1. The lowest BCUT2D eigenvalue weighted by Gasteiger charge is -2.27. The molecule has 2 fully saturated rings. The van der Waals surface area contributed by atoms with E-state index in [2.05, 4.69) is 10.6 Å². The molecular formula is C23H29F2N3O5. The number of hydrogen-bond donors (Lipinski definition) is 2. The highest BCUT2D eigenvalue weighted by Crippen LogP contribution is 2.36. The zero-order chi connectivity index (χ0) is 24.3. The van der Waals surface area contributed by atoms with E-state index in [1.165, 1.54) is 24.1 Å². The number of benzene rings is 1. The van der Waals surface area contributed by atoms with Gasteiger partial charge in [0.15, 0.2) is 11.6 Å². The summed E-state index contributed by atoms with van der Waals surface area (Å²) >= 11 is 0. The second-order valence-electron chi connectivity index (χ2n) is 8.98. The van der Waals surface area contributed by atoms with Gasteiger partial charge in [-0.2, -0.15) is 0 Å². The minimum absolute atomic E-state index is 0.0348. The van der Waals surface area contributed by atoms with Crippen LogP contribution in [0.2, 0.25) is 0 Å². The van der Waals surface area contributed by atoms with Crippen LogP contribution in [0.5, 0.6) is 0 Å². The standard InChI is InChI=1S/C23H29F2N3O5/c1-13(2)20(21(31)27-23(9-10-23)22(32)33-3)26-17(29)11-15-7-8-18(30)28(15)12-14-5-4-6-16(24)19(14)25/h4-6,13,15,20H,7-12H2,1-3H3,(H,26,29)(H,27,31)/t15-,20-/m0/s1. The van der Waals surface area contributed by atoms with Gasteiger partial charge in [-0.25, -0.2) is 13.6 Å². The van der Waals surface area contributed by atoms with Crippen LogP contribution in [0.15, 0.2) is 18.2 Å². The number of nitrogens with one attached hydrogen (secondary N) is 2. The highest BCUT2D eigenvalue weighted by atomic mass is 19.2. The van der Waals surface area contributed by atoms with Gasteiger partial charge in [-0.15, -0.1) is 0 Å². The number of likely N-dealkylation sites (tertiary alicyclic amines) is 1. The van der Waals surface area contributed by atoms with Gasteiger partial charge in [0, 0.05) is 31.0 Å². The number of carbonyl (C=O) groups is 4. The maximum Gasteiger partial charge on any atom is 0.331 e. The Morgan fingerprint density at radius 1 is 1.24 bits per heavy atom. The fourth-order valence-electron chi connectivity index (χ4n) is 4.07. The van der Waals surface area contributed by atoms with Crippen LogP contribution in [0.4, 0.5) is 8.78 Å². The van der Waals surface area contributed by atoms with Gasteiger partial charge < -0.3 is 20.3 Å². The summed E-state index contributed by atoms with van der Waals surface area (Å²) in [4.78, 5) is 51.2. The van der Waals surface area contributed by atoms with E-state index in [0.717, 1.165) is 6.07 Å². The van der Waals surface area contributed by atoms with Crippen molar-refractivity contribution in [3.05, 3.63) is 35.4 Å². The highest BCUT2D eigenvalue weighted by Gasteiger charge is 2.53. The molecule has 2 N–H and O–H groups in total. The Morgan fingerprint density at radius 2 is 1.94 bits per heavy atom. The average molecular weight is 465 g/mol. The monoisotopic (exact) mass is 465 g/mol. The van der Waals surface area contributed by atoms with E-state index in [9.17, 15) is 28.0 Å². The number of esters is 1. The Hall–Kier alpha value is -3.04. The minimum atomic E-state index is -1.03. The third-order valence-electron chi connectivity index (χ3n) is 6.20. The molecule has 1 aromatic rings. The van der Waals surface area contributed by atoms with Crippen LogP contribution >= 0.6 is 0 Å². The smallest absolute Gasteiger partial charge is 0.331 e. The van der Waals surface area contributed by atoms with Crippen molar-refractivity contribution in [2.75, 3.05) is 7.11 Å². The van der Waals surface area contributed by atoms with Gasteiger partial charge >= 0.3 is 5.97 Å². The van der Waals surface area contributed by atoms with Crippen molar-refractivity contribution in [3.8, 4) is 0 Å². The maximum absolute atomic E-state index is 14.1. The number of methoxy groups -OCH3 is 1. The van der Waals surface area contributed by atoms with Crippen LogP contribution in [0.1, 0.15) is 51.5 Å². The molecule has 0 aromatic heterocycles. The number of hydrogen-bond acceptors (Lipinski definition) is 5. The van der Waals surface area contributed by atoms with Crippen molar-refractivity contribution >= 4 is 23.7 Å². The van der Waals surface area contributed by atoms with Crippen LogP contribution in [0.3, 0.4) is 0 Å². The first-order valence-electron chi connectivity index (χ1n) is 11.0. The summed E-state index contributed by atoms with van der Waals surface area (Å²) in [6.07, 6.45) is 1.46. The summed E-state index contributed by atoms with van der Waals surface area (Å²) in [5.74, 6) is -3.97. The fourth-order valence-corrected chi connectivity index (χ4v) is 4.07. The van der Waals surface area contributed by atoms with Crippen molar-refractivity contribution in [2.45, 2.75) is 70.1 Å². The lowest BCUT2D eigenvalue weighted by atomic mass is 10.0. The van der Waals surface area contributed by atoms with E-state index < -0.39 is 47.0 Å². The van der Waals surface area contributed by atoms with E-state index in [4.69, 9.17) is 4.74 Å². The SMILES string of the molecule is COC(=O)C1(NC(=O)[C@@H](NC(=O)C[C@@H]2CCC(=O)N2Cc2cccc(F)c2F)C(C)C)CC1. The van der Waals surface area contributed by atoms with Crippen LogP contribution in [0, 0.1) is 17.6 Å². The normalized spacial score (nSPS) is 19.9. The molecule has 0 bridgehead atoms. The Morgan fingerprint density at radius 3 is 2.55 bits per heavy atom. The van der Waals surface area contributed by atoms with E-state index in [1.54, 1.807) is 13.8 Å². The summed E-state index contributed by atoms with van der Waals surface area (Å²) in [7, 11) is 1.25. The third kappa shape index (κ3) is 5.48. The third-order valence-corrected chi connectivity index (χ3v) is 6.20. The largest absolute Gasteiger partial charge is 0.467 e. The summed E-state index contributed by atoms with van der Waals surface area (Å²) in [5, 5.41) is 5.38. The van der Waals surface area contributed by atoms with Crippen LogP contribution in [0.25, 0.3) is 0 Å². The molecule has 1 aromatic carbocycles. The fraction of sp³-hybridized carbons (Fsp3) is 0.565. The lowest BCUT2D eigenvalue weighted by Crippen LogP contribution is -2.55. The molecule has 1 saturated carbocycles. The van der Waals surface area contributed by atoms with Gasteiger partial charge in [0.2, 0.25) is 17.7 Å². The van der Waals surface area contributed by atoms with Crippen LogP contribution in [-0.4, -0.2) is 53.3 Å². The molecule has 2 aliphatic rings. The van der Waals surface area contributed by atoms with Crippen molar-refractivity contribution in [1.82, 2.24) is 15.5 Å². The predicted molar refractivity (Wildman–Crippen MR) is 113 cm³/mol. The number of ether oxygens (including phenoxy) is 1. The summed E-state index contributed by atoms with van der Waals surface area (Å²) in [6.45, 7) is 3.39. The second kappa shape index (κ2) is 9.84. The van der Waals surface area contributed by atoms with Crippen LogP contribution in [-0.2, 0) is 30.5 Å². The van der Waals surface area contributed by atoms with E-state index in [-0.39, 0.29) is 36.8 Å². The molecule has 1 aliphatic carbocycles. The Kier molecular flexibility index (Phi) is 7.34. The molecule has 0 radical (unpaired) electrons. The van der Waals surface area contributed by atoms with Crippen molar-refractivity contribution < 1.29 is 32.7 Å². The first-order chi connectivity index (χ1) is 15.6. The molecule has 8 nitrogen and oxygen atoms in total. The molecule has 0 unspecified atom stereocenters. The average Bonchev–Trinajstić information content (AvgIpc) is 3.47. The predicted octanol–water partition coefficient (Wildman–Crippen LogP) is 1.81. The second-order valence-corrected chi connectivity index (χ2v) is 8.98. The Labute approximate surface area is 191 Å². The molecule has 2 atom stereocenters. The van der Waals surface area contributed by atoms with Gasteiger partial charge in [-0.1, -0.05) is 26.0 Å². The van der Waals surface area contributed by atoms with Gasteiger partial charge in [0.1, 0.15) is 11.6 Å². The number of amides is 3. The van der Waals surface area contributed by atoms with Crippen molar-refractivity contribution in [1.29, 1.82) is 0 Å². The first kappa shape index (κ1) is 24.6. The molecule has 33 heavy (non-hydrogen) atoms. The number of halogens is 2. The van der Waals surface area contributed by atoms with Crippen molar-refractivity contribution in [2.24, 2.45) is 5.92 Å². The van der Waals surface area contributed by atoms with Gasteiger partial charge in [0.25, 0.3) is 0 Å². The van der Waals surface area contributed by atoms with Gasteiger partial charge in [0.05, 0.1) is 7.11 Å². The minimum Gasteiger partial charge on any atom is -0.467 e. The molecule has 10 heteroatoms. The van der Waals surface area contributed by atoms with Crippen molar-refractivity contribution in [3.63, 3.8) is 0 Å². The van der Waals surface area contributed by atoms with Crippen LogP contribution < -0.4 is 10.6 Å². The van der Waals surface area contributed by atoms with Gasteiger partial charge in [-0.05, 0) is 31.2 Å². The quantitative estimate of drug-likeness (QED) is 0.542. The number of rotatable bonds is 9. The zero-order valence-corrected chi connectivity index (χ0v) is 19.0. The topological polar surface area (TPSA) is 105 Å². The summed E-state index contributed by atoms with van der Waals surface area (Å²) < 4.78 is 32.4. The number of carbonyl (C=O) groups excluding carboxylic acids is 4. The van der Waals surface area contributed by atoms with E-state index in [0.29, 0.717) is 19.3 Å². The molecule has 1 heterocycles. The molecule has 1 saturated heterocycles. The molecule has 3 amide bonds. The lowest BCUT2D eigenvalue weighted by molar-refractivity contribution is -0.147. The highest BCUT2D eigenvalue weighted by molar-refractivity contribution is 5.94. The Bertz CT molecular complexity index is 948. The maximum atomic E-state index is 14.1. The molecule has 1 aliphatic heterocycles. The van der Waals surface area contributed by atoms with Gasteiger partial charge in [-0.3, -0.25) is 14.4 Å². The first-order valence-corrected chi connectivity index (χ1v) is 11.0. The van der Waals surface area contributed by atoms with E-state index in [1.807, 2.05) is 0 Å². The Balaban J connectivity index is 1.63. The summed E-state index contributed by atoms with van der Waals surface area (Å²) in [5.41, 5.74) is -0.999. The molecule has 180 valence electrons. The molecular weight excluding hydrogens is 436 g/mol. The molecule has 3 rings (SSSR count). The summed E-state index contributed by atoms with van der Waals surface area (Å²) in [6, 6.07) is 2.38. The molecule has 0 spiro atoms. The van der Waals surface area contributed by atoms with E-state index >= 15 is 0 Å². The zero-order valence-electron chi connectivity index (χ0n) is 19.0.